The van der Waals surface area contributed by atoms with Crippen LogP contribution in [0.25, 0.3) is 0 Å². The highest BCUT2D eigenvalue weighted by Crippen LogP contribution is 2.16. The Hall–Kier alpha value is -1.09. The second-order valence-corrected chi connectivity index (χ2v) is 6.03. The number of aliphatic imine (C=N–C) groups is 1. The summed E-state index contributed by atoms with van der Waals surface area (Å²) in [6.07, 6.45) is 1.03. The van der Waals surface area contributed by atoms with E-state index in [1.807, 2.05) is 12.1 Å². The van der Waals surface area contributed by atoms with Crippen LogP contribution in [-0.4, -0.2) is 56.2 Å². The molecule has 24 heavy (non-hydrogen) atoms. The molecule has 1 saturated heterocycles. The first-order chi connectivity index (χ1) is 11.1. The van der Waals surface area contributed by atoms with E-state index >= 15 is 0 Å². The number of hydrogen-bond acceptors (Lipinski definition) is 3. The first-order valence-corrected chi connectivity index (χ1v) is 8.37. The molecule has 2 rings (SSSR count). The normalized spacial score (nSPS) is 17.3. The van der Waals surface area contributed by atoms with Crippen molar-refractivity contribution in [3.8, 4) is 0 Å². The molecule has 1 heterocycles. The number of nitrogens with two attached hydrogens (primary N) is 1. The van der Waals surface area contributed by atoms with Crippen molar-refractivity contribution in [2.45, 2.75) is 26.3 Å². The van der Waals surface area contributed by atoms with Crippen molar-refractivity contribution in [1.29, 1.82) is 0 Å². The van der Waals surface area contributed by atoms with E-state index in [4.69, 9.17) is 5.73 Å². The molecule has 0 bridgehead atoms. The summed E-state index contributed by atoms with van der Waals surface area (Å²) in [5.41, 5.74) is 6.95. The minimum absolute atomic E-state index is 0. The van der Waals surface area contributed by atoms with Gasteiger partial charge in [-0.1, -0.05) is 6.92 Å². The molecule has 1 aliphatic heterocycles. The number of guanidine groups is 1. The van der Waals surface area contributed by atoms with Crippen LogP contribution in [0.3, 0.4) is 0 Å². The number of nitrogens with one attached hydrogen (secondary N) is 1. The molecule has 7 heteroatoms. The Morgan fingerprint density at radius 1 is 1.25 bits per heavy atom. The van der Waals surface area contributed by atoms with Crippen LogP contribution in [0, 0.1) is 5.82 Å². The molecule has 0 spiro atoms. The minimum atomic E-state index is -0.186. The number of benzene rings is 1. The van der Waals surface area contributed by atoms with Gasteiger partial charge in [0.05, 0.1) is 6.54 Å². The van der Waals surface area contributed by atoms with Gasteiger partial charge in [-0.2, -0.15) is 0 Å². The number of nitrogens with zero attached hydrogens (tertiary/aromatic N) is 3. The third-order valence-electron chi connectivity index (χ3n) is 4.27. The van der Waals surface area contributed by atoms with Crippen molar-refractivity contribution in [3.05, 3.63) is 30.1 Å². The number of piperazine rings is 1. The molecule has 0 radical (unpaired) electrons. The van der Waals surface area contributed by atoms with Gasteiger partial charge in [-0.3, -0.25) is 9.89 Å². The first kappa shape index (κ1) is 21.0. The molecule has 0 saturated carbocycles. The Kier molecular flexibility index (Phi) is 9.35. The fourth-order valence-electron chi connectivity index (χ4n) is 2.59. The molecule has 0 aromatic heterocycles. The van der Waals surface area contributed by atoms with Gasteiger partial charge in [0, 0.05) is 44.5 Å². The average Bonchev–Trinajstić information content (AvgIpc) is 2.56. The van der Waals surface area contributed by atoms with Crippen LogP contribution in [0.5, 0.6) is 0 Å². The third-order valence-corrected chi connectivity index (χ3v) is 4.27. The van der Waals surface area contributed by atoms with Gasteiger partial charge in [-0.25, -0.2) is 4.39 Å². The van der Waals surface area contributed by atoms with Crippen LogP contribution in [0.1, 0.15) is 20.3 Å². The minimum Gasteiger partial charge on any atom is -0.370 e. The molecule has 1 aliphatic rings. The molecule has 1 fully saturated rings. The highest BCUT2D eigenvalue weighted by Gasteiger charge is 2.16. The molecular formula is C17H29FIN5. The average molecular weight is 449 g/mol. The zero-order valence-corrected chi connectivity index (χ0v) is 16.9. The van der Waals surface area contributed by atoms with Gasteiger partial charge in [0.2, 0.25) is 0 Å². The lowest BCUT2D eigenvalue weighted by Crippen LogP contribution is -2.47. The first-order valence-electron chi connectivity index (χ1n) is 8.37. The summed E-state index contributed by atoms with van der Waals surface area (Å²) >= 11 is 0. The zero-order valence-electron chi connectivity index (χ0n) is 14.5. The van der Waals surface area contributed by atoms with E-state index in [9.17, 15) is 4.39 Å². The maximum atomic E-state index is 13.0. The fraction of sp³-hybridized carbons (Fsp3) is 0.588. The van der Waals surface area contributed by atoms with Crippen LogP contribution in [0.2, 0.25) is 0 Å². The van der Waals surface area contributed by atoms with Crippen molar-refractivity contribution in [3.63, 3.8) is 0 Å². The Bertz CT molecular complexity index is 500. The van der Waals surface area contributed by atoms with Crippen LogP contribution in [-0.2, 0) is 0 Å². The number of hydrogen-bond donors (Lipinski definition) is 2. The van der Waals surface area contributed by atoms with E-state index in [1.165, 1.54) is 12.1 Å². The standard InChI is InChI=1S/C17H28FN5.HI/c1-3-14(2)21-17(19)20-8-9-22-10-12-23(13-11-22)16-6-4-15(18)5-7-16;/h4-7,14H,3,8-13H2,1-2H3,(H3,19,20,21);1H. The highest BCUT2D eigenvalue weighted by atomic mass is 127. The highest BCUT2D eigenvalue weighted by molar-refractivity contribution is 14.0. The molecule has 0 aliphatic carbocycles. The molecule has 1 unspecified atom stereocenters. The molecule has 136 valence electrons. The van der Waals surface area contributed by atoms with Gasteiger partial charge in [-0.15, -0.1) is 24.0 Å². The Balaban J connectivity index is 0.00000288. The predicted molar refractivity (Wildman–Crippen MR) is 110 cm³/mol. The van der Waals surface area contributed by atoms with Gasteiger partial charge < -0.3 is 16.0 Å². The lowest BCUT2D eigenvalue weighted by Gasteiger charge is -2.35. The van der Waals surface area contributed by atoms with E-state index in [1.54, 1.807) is 0 Å². The summed E-state index contributed by atoms with van der Waals surface area (Å²) in [4.78, 5) is 9.06. The van der Waals surface area contributed by atoms with Crippen molar-refractivity contribution in [2.24, 2.45) is 10.7 Å². The molecule has 3 N–H and O–H groups in total. The van der Waals surface area contributed by atoms with Crippen LogP contribution in [0.4, 0.5) is 10.1 Å². The second-order valence-electron chi connectivity index (χ2n) is 6.03. The topological polar surface area (TPSA) is 56.9 Å². The molecule has 1 aromatic carbocycles. The fourth-order valence-corrected chi connectivity index (χ4v) is 2.59. The quantitative estimate of drug-likeness (QED) is 0.398. The lowest BCUT2D eigenvalue weighted by atomic mass is 10.2. The van der Waals surface area contributed by atoms with Crippen molar-refractivity contribution < 1.29 is 4.39 Å². The SMILES string of the molecule is CCC(C)NC(N)=NCCN1CCN(c2ccc(F)cc2)CC1.I. The Labute approximate surface area is 161 Å². The van der Waals surface area contributed by atoms with Crippen LogP contribution < -0.4 is 16.0 Å². The van der Waals surface area contributed by atoms with Gasteiger partial charge in [0.15, 0.2) is 5.96 Å². The van der Waals surface area contributed by atoms with Crippen molar-refractivity contribution in [1.82, 2.24) is 10.2 Å². The van der Waals surface area contributed by atoms with E-state index < -0.39 is 0 Å². The number of rotatable bonds is 6. The summed E-state index contributed by atoms with van der Waals surface area (Å²) in [6.45, 7) is 9.73. The predicted octanol–water partition coefficient (Wildman–Crippen LogP) is 2.27. The second kappa shape index (κ2) is 10.7. The summed E-state index contributed by atoms with van der Waals surface area (Å²) in [6, 6.07) is 7.08. The van der Waals surface area contributed by atoms with Gasteiger partial charge in [0.25, 0.3) is 0 Å². The molecule has 1 atom stereocenters. The third kappa shape index (κ3) is 6.80. The van der Waals surface area contributed by atoms with Crippen LogP contribution in [0.15, 0.2) is 29.3 Å². The monoisotopic (exact) mass is 449 g/mol. The summed E-state index contributed by atoms with van der Waals surface area (Å²) in [7, 11) is 0. The molecule has 1 aromatic rings. The maximum Gasteiger partial charge on any atom is 0.188 e. The summed E-state index contributed by atoms with van der Waals surface area (Å²) in [5.74, 6) is 0.345. The zero-order chi connectivity index (χ0) is 16.7. The van der Waals surface area contributed by atoms with Crippen molar-refractivity contribution >= 4 is 35.6 Å². The molecule has 5 nitrogen and oxygen atoms in total. The number of anilines is 1. The van der Waals surface area contributed by atoms with E-state index in [0.717, 1.165) is 44.8 Å². The largest absolute Gasteiger partial charge is 0.370 e. The lowest BCUT2D eigenvalue weighted by molar-refractivity contribution is 0.265. The van der Waals surface area contributed by atoms with E-state index in [0.29, 0.717) is 18.5 Å². The maximum absolute atomic E-state index is 13.0. The molecular weight excluding hydrogens is 420 g/mol. The number of halogens is 2. The Morgan fingerprint density at radius 2 is 1.88 bits per heavy atom. The van der Waals surface area contributed by atoms with Gasteiger partial charge in [-0.05, 0) is 37.6 Å². The van der Waals surface area contributed by atoms with E-state index in [2.05, 4.69) is 34.0 Å². The summed E-state index contributed by atoms with van der Waals surface area (Å²) < 4.78 is 13.0. The van der Waals surface area contributed by atoms with E-state index in [-0.39, 0.29) is 29.8 Å². The Morgan fingerprint density at radius 3 is 2.46 bits per heavy atom. The van der Waals surface area contributed by atoms with Crippen LogP contribution >= 0.6 is 24.0 Å². The molecule has 0 amide bonds. The van der Waals surface area contributed by atoms with Gasteiger partial charge >= 0.3 is 0 Å². The van der Waals surface area contributed by atoms with Gasteiger partial charge in [0.1, 0.15) is 5.82 Å². The smallest absolute Gasteiger partial charge is 0.188 e. The summed E-state index contributed by atoms with van der Waals surface area (Å²) in [5, 5.41) is 3.17. The van der Waals surface area contributed by atoms with Crippen molar-refractivity contribution in [2.75, 3.05) is 44.2 Å².